The second-order valence-corrected chi connectivity index (χ2v) is 5.83. The smallest absolute Gasteiger partial charge is 0.0652 e. The maximum absolute atomic E-state index is 6.07. The lowest BCUT2D eigenvalue weighted by Crippen LogP contribution is -1.99. The van der Waals surface area contributed by atoms with Crippen molar-refractivity contribution < 1.29 is 0 Å². The predicted octanol–water partition coefficient (Wildman–Crippen LogP) is 6.02. The van der Waals surface area contributed by atoms with Crippen molar-refractivity contribution >= 4 is 56.4 Å². The number of hydrogen-bond acceptors (Lipinski definition) is 1. The molecule has 0 aromatic heterocycles. The van der Waals surface area contributed by atoms with E-state index in [-0.39, 0.29) is 0 Å². The highest BCUT2D eigenvalue weighted by molar-refractivity contribution is 9.10. The van der Waals surface area contributed by atoms with E-state index >= 15 is 0 Å². The Morgan fingerprint density at radius 1 is 0.944 bits per heavy atom. The van der Waals surface area contributed by atoms with Gasteiger partial charge in [-0.25, -0.2) is 0 Å². The summed E-state index contributed by atoms with van der Waals surface area (Å²) in [5, 5.41) is 5.18. The van der Waals surface area contributed by atoms with Gasteiger partial charge in [-0.3, -0.25) is 0 Å². The van der Waals surface area contributed by atoms with Crippen molar-refractivity contribution in [2.75, 3.05) is 5.32 Å². The minimum Gasteiger partial charge on any atom is -0.380 e. The van der Waals surface area contributed by atoms with Crippen LogP contribution in [0.15, 0.2) is 40.9 Å². The summed E-state index contributed by atoms with van der Waals surface area (Å²) in [5.41, 5.74) is 1.96. The third kappa shape index (κ3) is 3.55. The van der Waals surface area contributed by atoms with Crippen LogP contribution in [0.5, 0.6) is 0 Å². The normalized spacial score (nSPS) is 10.4. The van der Waals surface area contributed by atoms with Gasteiger partial charge in [-0.1, -0.05) is 40.9 Å². The molecule has 2 aromatic rings. The van der Waals surface area contributed by atoms with Crippen molar-refractivity contribution in [3.8, 4) is 0 Å². The lowest BCUT2D eigenvalue weighted by atomic mass is 10.2. The molecule has 2 aromatic carbocycles. The van der Waals surface area contributed by atoms with Gasteiger partial charge in [-0.05, 0) is 51.8 Å². The van der Waals surface area contributed by atoms with Gasteiger partial charge < -0.3 is 5.32 Å². The van der Waals surface area contributed by atoms with Gasteiger partial charge in [0, 0.05) is 16.0 Å². The summed E-state index contributed by atoms with van der Waals surface area (Å²) >= 11 is 21.2. The number of anilines is 1. The molecule has 0 saturated carbocycles. The van der Waals surface area contributed by atoms with Crippen molar-refractivity contribution in [1.29, 1.82) is 0 Å². The summed E-state index contributed by atoms with van der Waals surface area (Å²) in [6.45, 7) is 0.664. The molecule has 0 amide bonds. The van der Waals surface area contributed by atoms with Crippen LogP contribution in [0.2, 0.25) is 15.1 Å². The topological polar surface area (TPSA) is 12.0 Å². The molecule has 0 bridgehead atoms. The fourth-order valence-corrected chi connectivity index (χ4v) is 2.50. The summed E-state index contributed by atoms with van der Waals surface area (Å²) in [6.07, 6.45) is 0. The van der Waals surface area contributed by atoms with Gasteiger partial charge in [0.2, 0.25) is 0 Å². The highest BCUT2D eigenvalue weighted by Crippen LogP contribution is 2.27. The molecule has 0 unspecified atom stereocenters. The Kier molecular flexibility index (Phi) is 4.79. The van der Waals surface area contributed by atoms with Crippen LogP contribution in [0.1, 0.15) is 5.56 Å². The molecule has 0 aliphatic carbocycles. The van der Waals surface area contributed by atoms with E-state index in [0.29, 0.717) is 21.6 Å². The summed E-state index contributed by atoms with van der Waals surface area (Å²) in [6, 6.07) is 11.2. The maximum Gasteiger partial charge on any atom is 0.0652 e. The number of rotatable bonds is 3. The van der Waals surface area contributed by atoms with Crippen molar-refractivity contribution in [2.24, 2.45) is 0 Å². The van der Waals surface area contributed by atoms with Crippen LogP contribution in [0, 0.1) is 0 Å². The summed E-state index contributed by atoms with van der Waals surface area (Å²) in [5.74, 6) is 0. The number of hydrogen-bond donors (Lipinski definition) is 1. The molecule has 0 aliphatic rings. The van der Waals surface area contributed by atoms with E-state index in [1.54, 1.807) is 12.1 Å². The fourth-order valence-electron chi connectivity index (χ4n) is 1.48. The molecule has 0 fully saturated rings. The molecule has 0 spiro atoms. The summed E-state index contributed by atoms with van der Waals surface area (Å²) in [4.78, 5) is 0. The monoisotopic (exact) mass is 363 g/mol. The van der Waals surface area contributed by atoms with Gasteiger partial charge in [0.05, 0.1) is 15.7 Å². The Balaban J connectivity index is 2.09. The molecule has 1 nitrogen and oxygen atoms in total. The van der Waals surface area contributed by atoms with Crippen molar-refractivity contribution in [2.45, 2.75) is 6.54 Å². The molecule has 94 valence electrons. The third-order valence-electron chi connectivity index (χ3n) is 2.40. The molecule has 0 atom stereocenters. The van der Waals surface area contributed by atoms with Crippen LogP contribution >= 0.6 is 50.7 Å². The zero-order valence-electron chi connectivity index (χ0n) is 9.18. The van der Waals surface area contributed by atoms with Crippen LogP contribution in [-0.4, -0.2) is 0 Å². The average Bonchev–Trinajstić information content (AvgIpc) is 2.32. The van der Waals surface area contributed by atoms with Gasteiger partial charge in [-0.15, -0.1) is 0 Å². The third-order valence-corrected chi connectivity index (χ3v) is 4.16. The first kappa shape index (κ1) is 14.0. The van der Waals surface area contributed by atoms with E-state index in [4.69, 9.17) is 34.8 Å². The van der Waals surface area contributed by atoms with Gasteiger partial charge in [0.15, 0.2) is 0 Å². The standard InChI is InChI=1S/C13H9BrCl3N/c14-10-5-8(1-3-11(10)16)7-18-13-4-2-9(15)6-12(13)17/h1-6,18H,7H2. The molecule has 18 heavy (non-hydrogen) atoms. The first-order chi connectivity index (χ1) is 8.56. The minimum atomic E-state index is 0.607. The molecule has 2 rings (SSSR count). The van der Waals surface area contributed by atoms with Gasteiger partial charge in [0.1, 0.15) is 0 Å². The van der Waals surface area contributed by atoms with Crippen LogP contribution < -0.4 is 5.32 Å². The van der Waals surface area contributed by atoms with E-state index in [1.807, 2.05) is 24.3 Å². The quantitative estimate of drug-likeness (QED) is 0.701. The molecule has 0 heterocycles. The molecular formula is C13H9BrCl3N. The number of nitrogens with one attached hydrogen (secondary N) is 1. The van der Waals surface area contributed by atoms with Crippen molar-refractivity contribution in [3.63, 3.8) is 0 Å². The maximum atomic E-state index is 6.07. The number of halogens is 4. The van der Waals surface area contributed by atoms with Crippen LogP contribution in [0.4, 0.5) is 5.69 Å². The van der Waals surface area contributed by atoms with Crippen LogP contribution in [0.3, 0.4) is 0 Å². The van der Waals surface area contributed by atoms with E-state index in [2.05, 4.69) is 21.2 Å². The lowest BCUT2D eigenvalue weighted by Gasteiger charge is -2.09. The zero-order valence-corrected chi connectivity index (χ0v) is 13.0. The first-order valence-electron chi connectivity index (χ1n) is 5.19. The second kappa shape index (κ2) is 6.16. The Labute approximate surface area is 129 Å². The SMILES string of the molecule is Clc1ccc(NCc2ccc(Cl)c(Br)c2)c(Cl)c1. The fraction of sp³-hybridized carbons (Fsp3) is 0.0769. The Bertz CT molecular complexity index is 572. The van der Waals surface area contributed by atoms with Gasteiger partial charge in [0.25, 0.3) is 0 Å². The van der Waals surface area contributed by atoms with Crippen molar-refractivity contribution in [3.05, 3.63) is 61.5 Å². The highest BCUT2D eigenvalue weighted by atomic mass is 79.9. The minimum absolute atomic E-state index is 0.607. The van der Waals surface area contributed by atoms with E-state index in [9.17, 15) is 0 Å². The molecule has 0 radical (unpaired) electrons. The van der Waals surface area contributed by atoms with Gasteiger partial charge >= 0.3 is 0 Å². The Morgan fingerprint density at radius 3 is 2.39 bits per heavy atom. The van der Waals surface area contributed by atoms with E-state index < -0.39 is 0 Å². The molecule has 5 heteroatoms. The summed E-state index contributed by atoms with van der Waals surface area (Å²) in [7, 11) is 0. The second-order valence-electron chi connectivity index (χ2n) is 3.73. The average molecular weight is 365 g/mol. The predicted molar refractivity (Wildman–Crippen MR) is 82.9 cm³/mol. The largest absolute Gasteiger partial charge is 0.380 e. The Hall–Kier alpha value is -0.410. The number of benzene rings is 2. The molecule has 0 saturated heterocycles. The summed E-state index contributed by atoms with van der Waals surface area (Å²) < 4.78 is 0.880. The van der Waals surface area contributed by atoms with Gasteiger partial charge in [-0.2, -0.15) is 0 Å². The molecular weight excluding hydrogens is 356 g/mol. The van der Waals surface area contributed by atoms with E-state index in [0.717, 1.165) is 15.7 Å². The lowest BCUT2D eigenvalue weighted by molar-refractivity contribution is 1.15. The molecule has 1 N–H and O–H groups in total. The van der Waals surface area contributed by atoms with Crippen LogP contribution in [0.25, 0.3) is 0 Å². The van der Waals surface area contributed by atoms with Crippen molar-refractivity contribution in [1.82, 2.24) is 0 Å². The first-order valence-corrected chi connectivity index (χ1v) is 7.12. The van der Waals surface area contributed by atoms with Crippen LogP contribution in [-0.2, 0) is 6.54 Å². The van der Waals surface area contributed by atoms with E-state index in [1.165, 1.54) is 0 Å². The molecule has 0 aliphatic heterocycles. The highest BCUT2D eigenvalue weighted by Gasteiger charge is 2.02. The zero-order chi connectivity index (χ0) is 13.1. The Morgan fingerprint density at radius 2 is 1.72 bits per heavy atom.